The van der Waals surface area contributed by atoms with E-state index in [0.717, 1.165) is 12.0 Å². The average Bonchev–Trinajstić information content (AvgIpc) is 2.54. The normalized spacial score (nSPS) is 16.1. The Bertz CT molecular complexity index is 434. The second-order valence-corrected chi connectivity index (χ2v) is 3.76. The summed E-state index contributed by atoms with van der Waals surface area (Å²) in [6.45, 7) is 4.08. The van der Waals surface area contributed by atoms with Gasteiger partial charge in [0.15, 0.2) is 0 Å². The molecular weight excluding hydrogens is 192 g/mol. The first-order valence-electron chi connectivity index (χ1n) is 5.04. The molecule has 15 heavy (non-hydrogen) atoms. The summed E-state index contributed by atoms with van der Waals surface area (Å²) < 4.78 is 4.59. The maximum absolute atomic E-state index is 11.5. The lowest BCUT2D eigenvalue weighted by Crippen LogP contribution is -2.03. The van der Waals surface area contributed by atoms with Crippen molar-refractivity contribution in [3.8, 4) is 0 Å². The van der Waals surface area contributed by atoms with E-state index in [1.165, 1.54) is 0 Å². The lowest BCUT2D eigenvalue weighted by atomic mass is 9.91. The molecule has 0 saturated carbocycles. The molecule has 0 amide bonds. The van der Waals surface area contributed by atoms with Gasteiger partial charge in [-0.1, -0.05) is 26.0 Å². The largest absolute Gasteiger partial charge is 0.386 e. The van der Waals surface area contributed by atoms with E-state index in [9.17, 15) is 9.59 Å². The predicted octanol–water partition coefficient (Wildman–Crippen LogP) is 2.51. The maximum Gasteiger partial charge on any atom is 0.347 e. The summed E-state index contributed by atoms with van der Waals surface area (Å²) in [5, 5.41) is 0. The minimum absolute atomic E-state index is 0.262. The molecule has 1 aromatic carbocycles. The second kappa shape index (κ2) is 3.50. The molecule has 0 radical (unpaired) electrons. The minimum atomic E-state index is -0.528. The van der Waals surface area contributed by atoms with Gasteiger partial charge >= 0.3 is 11.9 Å². The molecule has 1 aliphatic rings. The summed E-state index contributed by atoms with van der Waals surface area (Å²) in [4.78, 5) is 22.8. The topological polar surface area (TPSA) is 43.4 Å². The van der Waals surface area contributed by atoms with Gasteiger partial charge in [0.1, 0.15) is 0 Å². The first kappa shape index (κ1) is 9.90. The molecule has 0 N–H and O–H groups in total. The number of carbonyl (C=O) groups excluding carboxylic acids is 2. The zero-order valence-corrected chi connectivity index (χ0v) is 8.74. The molecule has 0 aliphatic carbocycles. The van der Waals surface area contributed by atoms with Gasteiger partial charge in [0.2, 0.25) is 0 Å². The Morgan fingerprint density at radius 3 is 2.67 bits per heavy atom. The lowest BCUT2D eigenvalue weighted by Gasteiger charge is -2.10. The number of ether oxygens (including phenoxy) is 1. The van der Waals surface area contributed by atoms with Crippen LogP contribution in [0.3, 0.4) is 0 Å². The van der Waals surface area contributed by atoms with E-state index in [1.807, 2.05) is 19.9 Å². The van der Waals surface area contributed by atoms with Crippen LogP contribution in [-0.4, -0.2) is 11.9 Å². The number of rotatable bonds is 2. The minimum Gasteiger partial charge on any atom is -0.386 e. The first-order valence-corrected chi connectivity index (χ1v) is 5.04. The fourth-order valence-corrected chi connectivity index (χ4v) is 1.79. The van der Waals surface area contributed by atoms with Gasteiger partial charge in [0, 0.05) is 0 Å². The smallest absolute Gasteiger partial charge is 0.347 e. The molecule has 3 heteroatoms. The fourth-order valence-electron chi connectivity index (χ4n) is 1.79. The lowest BCUT2D eigenvalue weighted by molar-refractivity contribution is 0.0443. The van der Waals surface area contributed by atoms with Crippen LogP contribution in [0.2, 0.25) is 0 Å². The van der Waals surface area contributed by atoms with Gasteiger partial charge in [-0.2, -0.15) is 0 Å². The van der Waals surface area contributed by atoms with Crippen molar-refractivity contribution >= 4 is 11.9 Å². The molecule has 0 bridgehead atoms. The van der Waals surface area contributed by atoms with Crippen molar-refractivity contribution in [2.24, 2.45) is 0 Å². The van der Waals surface area contributed by atoms with Crippen molar-refractivity contribution in [1.82, 2.24) is 0 Å². The Morgan fingerprint density at radius 2 is 2.00 bits per heavy atom. The summed E-state index contributed by atoms with van der Waals surface area (Å²) in [6, 6.07) is 5.31. The zero-order valence-electron chi connectivity index (χ0n) is 8.74. The molecule has 0 fully saturated rings. The zero-order chi connectivity index (χ0) is 11.0. The number of cyclic esters (lactones) is 2. The third kappa shape index (κ3) is 1.44. The molecule has 1 aliphatic heterocycles. The second-order valence-electron chi connectivity index (χ2n) is 3.76. The molecule has 3 nitrogen and oxygen atoms in total. The molecule has 1 unspecified atom stereocenters. The molecule has 0 spiro atoms. The van der Waals surface area contributed by atoms with Gasteiger partial charge in [0.25, 0.3) is 0 Å². The van der Waals surface area contributed by atoms with Gasteiger partial charge in [-0.3, -0.25) is 0 Å². The van der Waals surface area contributed by atoms with Gasteiger partial charge in [-0.25, -0.2) is 9.59 Å². The highest BCUT2D eigenvalue weighted by Gasteiger charge is 2.32. The Labute approximate surface area is 88.1 Å². The quantitative estimate of drug-likeness (QED) is 0.549. The molecule has 1 heterocycles. The summed E-state index contributed by atoms with van der Waals surface area (Å²) >= 11 is 0. The van der Waals surface area contributed by atoms with Crippen molar-refractivity contribution in [3.05, 3.63) is 34.9 Å². The Balaban J connectivity index is 2.60. The predicted molar refractivity (Wildman–Crippen MR) is 54.9 cm³/mol. The van der Waals surface area contributed by atoms with E-state index in [-0.39, 0.29) is 5.92 Å². The van der Waals surface area contributed by atoms with Crippen molar-refractivity contribution in [2.45, 2.75) is 26.2 Å². The molecule has 1 atom stereocenters. The number of hydrogen-bond acceptors (Lipinski definition) is 3. The summed E-state index contributed by atoms with van der Waals surface area (Å²) in [7, 11) is 0. The standard InChI is InChI=1S/C12H12O3/c1-3-7(2)8-5-4-6-9-10(8)12(14)15-11(9)13/h4-7H,3H2,1-2H3. The number of carbonyl (C=O) groups is 2. The van der Waals surface area contributed by atoms with Crippen LogP contribution in [0, 0.1) is 0 Å². The van der Waals surface area contributed by atoms with Crippen LogP contribution in [-0.2, 0) is 4.74 Å². The van der Waals surface area contributed by atoms with E-state index < -0.39 is 11.9 Å². The highest BCUT2D eigenvalue weighted by Crippen LogP contribution is 2.29. The third-order valence-corrected chi connectivity index (χ3v) is 2.85. The number of hydrogen-bond donors (Lipinski definition) is 0. The molecule has 78 valence electrons. The van der Waals surface area contributed by atoms with E-state index >= 15 is 0 Å². The third-order valence-electron chi connectivity index (χ3n) is 2.85. The van der Waals surface area contributed by atoms with Crippen molar-refractivity contribution in [2.75, 3.05) is 0 Å². The summed E-state index contributed by atoms with van der Waals surface area (Å²) in [5.41, 5.74) is 1.76. The van der Waals surface area contributed by atoms with Crippen molar-refractivity contribution < 1.29 is 14.3 Å². The van der Waals surface area contributed by atoms with E-state index in [1.54, 1.807) is 12.1 Å². The average molecular weight is 204 g/mol. The number of fused-ring (bicyclic) bond motifs is 1. The van der Waals surface area contributed by atoms with Crippen LogP contribution in [0.4, 0.5) is 0 Å². The number of benzene rings is 1. The molecule has 0 saturated heterocycles. The SMILES string of the molecule is CCC(C)c1cccc2c1C(=O)OC2=O. The molecular formula is C12H12O3. The fraction of sp³-hybridized carbons (Fsp3) is 0.333. The summed E-state index contributed by atoms with van der Waals surface area (Å²) in [5.74, 6) is -0.774. The van der Waals surface area contributed by atoms with Gasteiger partial charge < -0.3 is 4.74 Å². The van der Waals surface area contributed by atoms with Crippen LogP contribution < -0.4 is 0 Å². The highest BCUT2D eigenvalue weighted by atomic mass is 16.6. The summed E-state index contributed by atoms with van der Waals surface area (Å²) in [6.07, 6.45) is 0.928. The monoisotopic (exact) mass is 204 g/mol. The van der Waals surface area contributed by atoms with Gasteiger partial charge in [0.05, 0.1) is 11.1 Å². The first-order chi connectivity index (χ1) is 7.15. The van der Waals surface area contributed by atoms with Crippen LogP contribution >= 0.6 is 0 Å². The Morgan fingerprint density at radius 1 is 1.27 bits per heavy atom. The van der Waals surface area contributed by atoms with Gasteiger partial charge in [-0.05, 0) is 24.0 Å². The molecule has 1 aromatic rings. The Kier molecular flexibility index (Phi) is 2.31. The van der Waals surface area contributed by atoms with Crippen LogP contribution in [0.25, 0.3) is 0 Å². The van der Waals surface area contributed by atoms with Crippen LogP contribution in [0.1, 0.15) is 52.5 Å². The highest BCUT2D eigenvalue weighted by molar-refractivity contribution is 6.15. The molecule has 2 rings (SSSR count). The van der Waals surface area contributed by atoms with Crippen molar-refractivity contribution in [3.63, 3.8) is 0 Å². The number of esters is 2. The molecule has 0 aromatic heterocycles. The van der Waals surface area contributed by atoms with E-state index in [0.29, 0.717) is 11.1 Å². The maximum atomic E-state index is 11.5. The van der Waals surface area contributed by atoms with Crippen molar-refractivity contribution in [1.29, 1.82) is 0 Å². The van der Waals surface area contributed by atoms with E-state index in [4.69, 9.17) is 0 Å². The van der Waals surface area contributed by atoms with E-state index in [2.05, 4.69) is 4.74 Å². The Hall–Kier alpha value is -1.64. The van der Waals surface area contributed by atoms with Crippen LogP contribution in [0.5, 0.6) is 0 Å². The van der Waals surface area contributed by atoms with Gasteiger partial charge in [-0.15, -0.1) is 0 Å². The van der Waals surface area contributed by atoms with Crippen LogP contribution in [0.15, 0.2) is 18.2 Å².